The highest BCUT2D eigenvalue weighted by atomic mass is 16.5. The molecule has 1 aliphatic carbocycles. The van der Waals surface area contributed by atoms with Crippen molar-refractivity contribution in [3.63, 3.8) is 0 Å². The van der Waals surface area contributed by atoms with E-state index in [0.717, 1.165) is 12.1 Å². The lowest BCUT2D eigenvalue weighted by Gasteiger charge is -2.23. The van der Waals surface area contributed by atoms with Gasteiger partial charge in [-0.05, 0) is 18.2 Å². The minimum absolute atomic E-state index is 0.634. The number of rotatable bonds is 3. The highest BCUT2D eigenvalue weighted by molar-refractivity contribution is 5.35. The number of allylic oxidation sites excluding steroid dienone is 2. The molecular weight excluding hydrogens is 200 g/mol. The Kier molecular flexibility index (Phi) is 3.27. The van der Waals surface area contributed by atoms with Gasteiger partial charge in [-0.25, -0.2) is 0 Å². The molecule has 1 aliphatic rings. The smallest absolute Gasteiger partial charge is 0.201 e. The molecule has 1 aromatic carbocycles. The first-order valence-corrected chi connectivity index (χ1v) is 5.22. The molecule has 0 aromatic heterocycles. The van der Waals surface area contributed by atoms with Crippen LogP contribution in [0.3, 0.4) is 0 Å². The van der Waals surface area contributed by atoms with Crippen LogP contribution in [0.4, 0.5) is 5.69 Å². The molecule has 3 nitrogen and oxygen atoms in total. The van der Waals surface area contributed by atoms with E-state index >= 15 is 0 Å². The van der Waals surface area contributed by atoms with Crippen LogP contribution in [0.5, 0.6) is 0 Å². The minimum atomic E-state index is -0.634. The first-order chi connectivity index (χ1) is 7.85. The summed E-state index contributed by atoms with van der Waals surface area (Å²) in [5.74, 6) is 0. The Bertz CT molecular complexity index is 423. The normalized spacial score (nSPS) is 24.1. The molecule has 2 rings (SSSR count). The second-order valence-electron chi connectivity index (χ2n) is 3.58. The van der Waals surface area contributed by atoms with Gasteiger partial charge < -0.3 is 4.74 Å². The van der Waals surface area contributed by atoms with Gasteiger partial charge in [-0.15, -0.1) is 5.11 Å². The zero-order valence-electron chi connectivity index (χ0n) is 9.21. The van der Waals surface area contributed by atoms with E-state index in [1.807, 2.05) is 54.6 Å². The van der Waals surface area contributed by atoms with Gasteiger partial charge in [-0.3, -0.25) is 0 Å². The maximum atomic E-state index is 5.40. The summed E-state index contributed by atoms with van der Waals surface area (Å²) < 4.78 is 5.40. The van der Waals surface area contributed by atoms with Gasteiger partial charge in [0.1, 0.15) is 0 Å². The predicted octanol–water partition coefficient (Wildman–Crippen LogP) is 3.63. The number of hydrogen-bond donors (Lipinski definition) is 0. The van der Waals surface area contributed by atoms with Gasteiger partial charge in [0.05, 0.1) is 5.69 Å². The topological polar surface area (TPSA) is 34.0 Å². The van der Waals surface area contributed by atoms with Crippen LogP contribution >= 0.6 is 0 Å². The predicted molar refractivity (Wildman–Crippen MR) is 63.6 cm³/mol. The van der Waals surface area contributed by atoms with Crippen LogP contribution < -0.4 is 0 Å². The van der Waals surface area contributed by atoms with Crippen LogP contribution in [0.25, 0.3) is 0 Å². The van der Waals surface area contributed by atoms with Crippen LogP contribution in [0, 0.1) is 0 Å². The second kappa shape index (κ2) is 4.86. The van der Waals surface area contributed by atoms with Crippen LogP contribution in [-0.2, 0) is 4.74 Å². The average Bonchev–Trinajstić information content (AvgIpc) is 2.39. The molecule has 1 atom stereocenters. The maximum absolute atomic E-state index is 5.40. The zero-order chi connectivity index (χ0) is 11.3. The van der Waals surface area contributed by atoms with Crippen molar-refractivity contribution in [2.45, 2.75) is 12.1 Å². The van der Waals surface area contributed by atoms with E-state index in [9.17, 15) is 0 Å². The summed E-state index contributed by atoms with van der Waals surface area (Å²) in [7, 11) is 1.65. The van der Waals surface area contributed by atoms with Crippen molar-refractivity contribution in [1.29, 1.82) is 0 Å². The van der Waals surface area contributed by atoms with E-state index in [2.05, 4.69) is 10.2 Å². The Balaban J connectivity index is 2.16. The van der Waals surface area contributed by atoms with E-state index in [4.69, 9.17) is 4.74 Å². The Hall–Kier alpha value is -1.74. The first-order valence-electron chi connectivity index (χ1n) is 5.22. The van der Waals surface area contributed by atoms with Gasteiger partial charge in [-0.1, -0.05) is 36.4 Å². The van der Waals surface area contributed by atoms with E-state index < -0.39 is 5.72 Å². The SMILES string of the molecule is COC1(N=Nc2ccccc2)C=CC=CC1. The molecule has 16 heavy (non-hydrogen) atoms. The number of nitrogens with zero attached hydrogens (tertiary/aromatic N) is 2. The summed E-state index contributed by atoms with van der Waals surface area (Å²) in [4.78, 5) is 0. The van der Waals surface area contributed by atoms with Gasteiger partial charge in [0.2, 0.25) is 5.72 Å². The van der Waals surface area contributed by atoms with Crippen molar-refractivity contribution in [3.05, 3.63) is 54.6 Å². The molecule has 1 unspecified atom stereocenters. The highest BCUT2D eigenvalue weighted by Crippen LogP contribution is 2.25. The van der Waals surface area contributed by atoms with E-state index in [0.29, 0.717) is 0 Å². The standard InChI is InChI=1S/C13H14N2O/c1-16-13(10-6-3-7-11-13)15-14-12-8-4-2-5-9-12/h2-10H,11H2,1H3. The Morgan fingerprint density at radius 1 is 1.19 bits per heavy atom. The molecule has 0 heterocycles. The molecule has 0 radical (unpaired) electrons. The number of azo groups is 1. The van der Waals surface area contributed by atoms with E-state index in [1.54, 1.807) is 7.11 Å². The monoisotopic (exact) mass is 214 g/mol. The van der Waals surface area contributed by atoms with Gasteiger partial charge in [0, 0.05) is 13.5 Å². The van der Waals surface area contributed by atoms with Gasteiger partial charge in [0.25, 0.3) is 0 Å². The number of methoxy groups -OCH3 is 1. The fourth-order valence-electron chi connectivity index (χ4n) is 1.49. The van der Waals surface area contributed by atoms with E-state index in [1.165, 1.54) is 0 Å². The lowest BCUT2D eigenvalue weighted by molar-refractivity contribution is 0.0360. The highest BCUT2D eigenvalue weighted by Gasteiger charge is 2.25. The van der Waals surface area contributed by atoms with Gasteiger partial charge in [-0.2, -0.15) is 5.11 Å². The van der Waals surface area contributed by atoms with Gasteiger partial charge >= 0.3 is 0 Å². The van der Waals surface area contributed by atoms with Crippen molar-refractivity contribution in [1.82, 2.24) is 0 Å². The fourth-order valence-corrected chi connectivity index (χ4v) is 1.49. The lowest BCUT2D eigenvalue weighted by Crippen LogP contribution is -2.25. The molecule has 0 saturated carbocycles. The molecule has 0 fully saturated rings. The molecule has 3 heteroatoms. The molecule has 0 aliphatic heterocycles. The average molecular weight is 214 g/mol. The van der Waals surface area contributed by atoms with E-state index in [-0.39, 0.29) is 0 Å². The quantitative estimate of drug-likeness (QED) is 0.707. The Labute approximate surface area is 95.2 Å². The molecule has 0 saturated heterocycles. The third-order valence-electron chi connectivity index (χ3n) is 2.46. The van der Waals surface area contributed by atoms with Gasteiger partial charge in [0.15, 0.2) is 0 Å². The summed E-state index contributed by atoms with van der Waals surface area (Å²) in [6.45, 7) is 0. The number of benzene rings is 1. The Morgan fingerprint density at radius 3 is 2.62 bits per heavy atom. The lowest BCUT2D eigenvalue weighted by atomic mass is 10.1. The molecule has 82 valence electrons. The summed E-state index contributed by atoms with van der Waals surface area (Å²) in [5.41, 5.74) is 0.201. The first kappa shape index (κ1) is 10.8. The summed E-state index contributed by atoms with van der Waals surface area (Å²) >= 11 is 0. The van der Waals surface area contributed by atoms with Crippen LogP contribution in [0.1, 0.15) is 6.42 Å². The molecule has 0 N–H and O–H groups in total. The maximum Gasteiger partial charge on any atom is 0.201 e. The van der Waals surface area contributed by atoms with Crippen molar-refractivity contribution in [3.8, 4) is 0 Å². The fraction of sp³-hybridized carbons (Fsp3) is 0.231. The third-order valence-corrected chi connectivity index (χ3v) is 2.46. The molecule has 1 aromatic rings. The molecule has 0 bridgehead atoms. The summed E-state index contributed by atoms with van der Waals surface area (Å²) in [6, 6.07) is 9.65. The third kappa shape index (κ3) is 2.44. The summed E-state index contributed by atoms with van der Waals surface area (Å²) in [6.07, 6.45) is 8.57. The van der Waals surface area contributed by atoms with Crippen molar-refractivity contribution in [2.24, 2.45) is 10.2 Å². The molecular formula is C13H14N2O. The van der Waals surface area contributed by atoms with Crippen LogP contribution in [0.15, 0.2) is 64.9 Å². The summed E-state index contributed by atoms with van der Waals surface area (Å²) in [5, 5.41) is 8.46. The number of ether oxygens (including phenoxy) is 1. The number of hydrogen-bond acceptors (Lipinski definition) is 3. The van der Waals surface area contributed by atoms with Crippen LogP contribution in [-0.4, -0.2) is 12.8 Å². The van der Waals surface area contributed by atoms with Crippen LogP contribution in [0.2, 0.25) is 0 Å². The minimum Gasteiger partial charge on any atom is -0.352 e. The van der Waals surface area contributed by atoms with Crippen molar-refractivity contribution >= 4 is 5.69 Å². The second-order valence-corrected chi connectivity index (χ2v) is 3.58. The largest absolute Gasteiger partial charge is 0.352 e. The molecule has 0 spiro atoms. The Morgan fingerprint density at radius 2 is 2.00 bits per heavy atom. The molecule has 0 amide bonds. The van der Waals surface area contributed by atoms with Crippen molar-refractivity contribution < 1.29 is 4.74 Å². The zero-order valence-corrected chi connectivity index (χ0v) is 9.21. The van der Waals surface area contributed by atoms with Crippen molar-refractivity contribution in [2.75, 3.05) is 7.11 Å².